The van der Waals surface area contributed by atoms with Crippen LogP contribution in [0.2, 0.25) is 0 Å². The van der Waals surface area contributed by atoms with Crippen LogP contribution in [0.25, 0.3) is 11.0 Å². The van der Waals surface area contributed by atoms with Crippen LogP contribution in [-0.2, 0) is 30.1 Å². The number of nitrogens with one attached hydrogen (secondary N) is 1. The fourth-order valence-electron chi connectivity index (χ4n) is 4.52. The molecule has 4 unspecified atom stereocenters. The highest BCUT2D eigenvalue weighted by molar-refractivity contribution is 6.51. The van der Waals surface area contributed by atoms with Crippen LogP contribution < -0.4 is 5.32 Å². The minimum absolute atomic E-state index is 0.00799. The van der Waals surface area contributed by atoms with Crippen molar-refractivity contribution in [3.63, 3.8) is 0 Å². The molecule has 0 aliphatic carbocycles. The lowest BCUT2D eigenvalue weighted by molar-refractivity contribution is -0.135. The van der Waals surface area contributed by atoms with Gasteiger partial charge in [0.2, 0.25) is 5.91 Å². The predicted molar refractivity (Wildman–Crippen MR) is 100 cm³/mol. The Kier molecular flexibility index (Phi) is 4.40. The van der Waals surface area contributed by atoms with E-state index in [0.717, 1.165) is 35.8 Å². The maximum Gasteiger partial charge on any atom is 0.552 e. The molecule has 2 bridgehead atoms. The fraction of sp³-hybridized carbons (Fsp3) is 0.500. The van der Waals surface area contributed by atoms with Crippen LogP contribution in [-0.4, -0.2) is 43.2 Å². The van der Waals surface area contributed by atoms with Gasteiger partial charge in [0.15, 0.2) is 0 Å². The predicted octanol–water partition coefficient (Wildman–Crippen LogP) is 2.02. The van der Waals surface area contributed by atoms with Crippen LogP contribution in [0.1, 0.15) is 31.7 Å². The van der Waals surface area contributed by atoms with Crippen molar-refractivity contribution in [1.82, 2.24) is 5.32 Å². The Morgan fingerprint density at radius 1 is 1.32 bits per heavy atom. The lowest BCUT2D eigenvalue weighted by atomic mass is 9.74. The maximum atomic E-state index is 12.9. The third kappa shape index (κ3) is 3.10. The number of carbonyl (C=O) groups is 2. The molecule has 0 spiro atoms. The minimum Gasteiger partial charge on any atom is -0.506 e. The van der Waals surface area contributed by atoms with Crippen LogP contribution in [0.3, 0.4) is 0 Å². The molecule has 7 nitrogen and oxygen atoms in total. The van der Waals surface area contributed by atoms with Crippen molar-refractivity contribution in [2.75, 3.05) is 0 Å². The van der Waals surface area contributed by atoms with Crippen molar-refractivity contribution >= 4 is 30.0 Å². The van der Waals surface area contributed by atoms with E-state index in [1.54, 1.807) is 13.2 Å². The third-order valence-corrected chi connectivity index (χ3v) is 6.00. The first kappa shape index (κ1) is 17.8. The molecule has 28 heavy (non-hydrogen) atoms. The molecule has 3 aliphatic rings. The average Bonchev–Trinajstić information content (AvgIpc) is 3.47. The number of ether oxygens (including phenoxy) is 1. The topological polar surface area (TPSA) is 87.0 Å². The third-order valence-electron chi connectivity index (χ3n) is 6.00. The van der Waals surface area contributed by atoms with Gasteiger partial charge in [-0.15, -0.1) is 0 Å². The number of rotatable bonds is 5. The van der Waals surface area contributed by atoms with E-state index in [9.17, 15) is 9.59 Å². The summed E-state index contributed by atoms with van der Waals surface area (Å²) in [6, 6.07) is 7.72. The molecule has 1 N–H and O–H groups in total. The SMILES string of the molecule is C[C@H]1OB(C(Cc2coc3ccccc23)NC(=O)C2CC3CCC2O3)OC1=O. The van der Waals surface area contributed by atoms with Crippen LogP contribution in [0.15, 0.2) is 34.9 Å². The first-order chi connectivity index (χ1) is 13.6. The highest BCUT2D eigenvalue weighted by Crippen LogP contribution is 2.39. The van der Waals surface area contributed by atoms with Gasteiger partial charge in [-0.25, -0.2) is 0 Å². The molecule has 1 aromatic carbocycles. The van der Waals surface area contributed by atoms with Crippen molar-refractivity contribution in [3.8, 4) is 0 Å². The summed E-state index contributed by atoms with van der Waals surface area (Å²) >= 11 is 0. The van der Waals surface area contributed by atoms with E-state index in [-0.39, 0.29) is 24.0 Å². The standard InChI is InChI=1S/C20H22BNO6/c1-11-20(24)28-21(27-11)18(8-12-10-25-16-5-3-2-4-14(12)16)22-19(23)15-9-13-6-7-17(15)26-13/h2-5,10-11,13,15,17-18H,6-9H2,1H3,(H,22,23)/t11-,13?,15?,17?,18?/m1/s1. The van der Waals surface area contributed by atoms with Gasteiger partial charge in [-0.3, -0.25) is 9.59 Å². The first-order valence-electron chi connectivity index (χ1n) is 9.85. The highest BCUT2D eigenvalue weighted by Gasteiger charge is 2.48. The summed E-state index contributed by atoms with van der Waals surface area (Å²) in [7, 11) is -0.820. The molecule has 0 saturated carbocycles. The molecule has 5 rings (SSSR count). The van der Waals surface area contributed by atoms with Gasteiger partial charge in [0.25, 0.3) is 0 Å². The van der Waals surface area contributed by atoms with Gasteiger partial charge < -0.3 is 23.8 Å². The first-order valence-corrected chi connectivity index (χ1v) is 9.85. The van der Waals surface area contributed by atoms with Gasteiger partial charge in [0.1, 0.15) is 11.7 Å². The molecular formula is C20H22BNO6. The van der Waals surface area contributed by atoms with Crippen LogP contribution in [0.4, 0.5) is 0 Å². The van der Waals surface area contributed by atoms with Gasteiger partial charge >= 0.3 is 13.1 Å². The molecule has 3 fully saturated rings. The quantitative estimate of drug-likeness (QED) is 0.795. The van der Waals surface area contributed by atoms with Gasteiger partial charge in [-0.05, 0) is 44.2 Å². The molecule has 1 amide bonds. The second-order valence-corrected chi connectivity index (χ2v) is 7.88. The molecule has 8 heteroatoms. The summed E-state index contributed by atoms with van der Waals surface area (Å²) in [5, 5.41) is 4.04. The Morgan fingerprint density at radius 2 is 2.18 bits per heavy atom. The minimum atomic E-state index is -0.820. The smallest absolute Gasteiger partial charge is 0.506 e. The zero-order valence-electron chi connectivity index (χ0n) is 15.6. The average molecular weight is 383 g/mol. The Bertz CT molecular complexity index is 913. The van der Waals surface area contributed by atoms with Crippen LogP contribution in [0, 0.1) is 5.92 Å². The Hall–Kier alpha value is -2.32. The van der Waals surface area contributed by atoms with E-state index in [1.807, 2.05) is 24.3 Å². The summed E-state index contributed by atoms with van der Waals surface area (Å²) in [5.74, 6) is -1.13. The second kappa shape index (κ2) is 6.94. The summed E-state index contributed by atoms with van der Waals surface area (Å²) in [6.07, 6.45) is 4.37. The maximum absolute atomic E-state index is 12.9. The summed E-state index contributed by atoms with van der Waals surface area (Å²) in [5.41, 5.74) is 1.71. The van der Waals surface area contributed by atoms with E-state index in [2.05, 4.69) is 5.32 Å². The van der Waals surface area contributed by atoms with E-state index < -0.39 is 25.1 Å². The Morgan fingerprint density at radius 3 is 2.89 bits per heavy atom. The number of furan rings is 1. The van der Waals surface area contributed by atoms with Crippen molar-refractivity contribution in [2.24, 2.45) is 5.92 Å². The molecule has 3 aliphatic heterocycles. The molecule has 3 saturated heterocycles. The van der Waals surface area contributed by atoms with E-state index in [4.69, 9.17) is 18.5 Å². The zero-order chi connectivity index (χ0) is 19.3. The largest absolute Gasteiger partial charge is 0.552 e. The number of benzene rings is 1. The highest BCUT2D eigenvalue weighted by atomic mass is 16.7. The number of hydrogen-bond donors (Lipinski definition) is 1. The van der Waals surface area contributed by atoms with Crippen molar-refractivity contribution in [2.45, 2.75) is 56.9 Å². The number of amides is 1. The summed E-state index contributed by atoms with van der Waals surface area (Å²) < 4.78 is 22.5. The van der Waals surface area contributed by atoms with Crippen LogP contribution in [0.5, 0.6) is 0 Å². The number of para-hydroxylation sites is 1. The normalized spacial score (nSPS) is 30.0. The van der Waals surface area contributed by atoms with E-state index in [0.29, 0.717) is 6.42 Å². The van der Waals surface area contributed by atoms with Crippen molar-refractivity contribution in [3.05, 3.63) is 36.1 Å². The lowest BCUT2D eigenvalue weighted by Gasteiger charge is -2.24. The summed E-state index contributed by atoms with van der Waals surface area (Å²) in [6.45, 7) is 1.65. The molecule has 146 valence electrons. The van der Waals surface area contributed by atoms with E-state index >= 15 is 0 Å². The van der Waals surface area contributed by atoms with E-state index in [1.165, 1.54) is 0 Å². The van der Waals surface area contributed by atoms with Gasteiger partial charge in [0.05, 0.1) is 30.3 Å². The van der Waals surface area contributed by atoms with Gasteiger partial charge in [-0.2, -0.15) is 0 Å². The van der Waals surface area contributed by atoms with Crippen molar-refractivity contribution < 1.29 is 28.1 Å². The number of fused-ring (bicyclic) bond motifs is 3. The number of hydrogen-bond acceptors (Lipinski definition) is 6. The van der Waals surface area contributed by atoms with Gasteiger partial charge in [-0.1, -0.05) is 18.2 Å². The number of carbonyl (C=O) groups excluding carboxylic acids is 2. The molecule has 4 heterocycles. The van der Waals surface area contributed by atoms with Gasteiger partial charge in [0, 0.05) is 5.39 Å². The zero-order valence-corrected chi connectivity index (χ0v) is 15.6. The van der Waals surface area contributed by atoms with Crippen molar-refractivity contribution in [1.29, 1.82) is 0 Å². The molecular weight excluding hydrogens is 361 g/mol. The second-order valence-electron chi connectivity index (χ2n) is 7.88. The molecule has 0 radical (unpaired) electrons. The Labute approximate surface area is 162 Å². The lowest BCUT2D eigenvalue weighted by Crippen LogP contribution is -2.51. The molecule has 1 aromatic heterocycles. The molecule has 2 aromatic rings. The van der Waals surface area contributed by atoms with Crippen LogP contribution >= 0.6 is 0 Å². The fourth-order valence-corrected chi connectivity index (χ4v) is 4.52. The molecule has 5 atom stereocenters. The summed E-state index contributed by atoms with van der Waals surface area (Å²) in [4.78, 5) is 24.8. The monoisotopic (exact) mass is 383 g/mol. The Balaban J connectivity index is 1.37.